The molecule has 0 amide bonds. The van der Waals surface area contributed by atoms with Gasteiger partial charge in [0.05, 0.1) is 0 Å². The first-order chi connectivity index (χ1) is 14.1. The molecule has 0 rings (SSSR count). The minimum atomic E-state index is -1.28. The van der Waals surface area contributed by atoms with Gasteiger partial charge in [-0.05, 0) is 33.2 Å². The fourth-order valence-corrected chi connectivity index (χ4v) is 2.33. The molecule has 0 saturated carbocycles. The van der Waals surface area contributed by atoms with Crippen molar-refractivity contribution in [3.8, 4) is 0 Å². The monoisotopic (exact) mass is 454 g/mol. The van der Waals surface area contributed by atoms with Gasteiger partial charge in [0.1, 0.15) is 12.1 Å². The van der Waals surface area contributed by atoms with Gasteiger partial charge in [0.15, 0.2) is 0 Å². The second kappa shape index (κ2) is 23.7. The Morgan fingerprint density at radius 2 is 1.45 bits per heavy atom. The molecule has 0 aromatic carbocycles. The molecule has 176 valence electrons. The van der Waals surface area contributed by atoms with Crippen molar-refractivity contribution in [2.45, 2.75) is 103 Å². The minimum absolute atomic E-state index is 0. The molecule has 2 unspecified atom stereocenters. The quantitative estimate of drug-likeness (QED) is 0.109. The third-order valence-electron chi connectivity index (χ3n) is 4.46. The molecule has 0 aliphatic carbocycles. The van der Waals surface area contributed by atoms with E-state index in [1.165, 1.54) is 38.5 Å². The van der Waals surface area contributed by atoms with Gasteiger partial charge in [0.25, 0.3) is 0 Å². The summed E-state index contributed by atoms with van der Waals surface area (Å²) >= 11 is 0. The Kier molecular flexibility index (Phi) is 26.4. The number of likely N-dealkylation sites (N-methyl/N-ethyl adjacent to an activating group) is 1. The Labute approximate surface area is 208 Å². The number of carboxylic acid groups (broad SMARTS) is 2. The largest absolute Gasteiger partial charge is 1.00 e. The summed E-state index contributed by atoms with van der Waals surface area (Å²) < 4.78 is 4.60. The molecule has 31 heavy (non-hydrogen) atoms. The molecule has 2 atom stereocenters. The van der Waals surface area contributed by atoms with Crippen molar-refractivity contribution in [3.63, 3.8) is 0 Å². The average Bonchev–Trinajstić information content (AvgIpc) is 2.70. The molecule has 0 bridgehead atoms. The third-order valence-corrected chi connectivity index (χ3v) is 4.46. The van der Waals surface area contributed by atoms with E-state index in [1.54, 1.807) is 14.0 Å². The predicted molar refractivity (Wildman–Crippen MR) is 111 cm³/mol. The maximum atomic E-state index is 11.5. The van der Waals surface area contributed by atoms with Crippen molar-refractivity contribution in [3.05, 3.63) is 0 Å². The topological polar surface area (TPSA) is 159 Å². The fraction of sp³-hybridized carbons (Fsp3) is 0.810. The van der Waals surface area contributed by atoms with E-state index < -0.39 is 36.0 Å². The van der Waals surface area contributed by atoms with Crippen LogP contribution in [0.25, 0.3) is 0 Å². The van der Waals surface area contributed by atoms with Crippen LogP contribution < -0.4 is 45.7 Å². The van der Waals surface area contributed by atoms with Crippen molar-refractivity contribution >= 4 is 23.9 Å². The summed E-state index contributed by atoms with van der Waals surface area (Å²) in [6, 6.07) is -1.53. The molecule has 0 radical (unpaired) electrons. The molecular weight excluding hydrogens is 415 g/mol. The molecule has 0 spiro atoms. The molecule has 0 heterocycles. The van der Waals surface area contributed by atoms with Gasteiger partial charge >= 0.3 is 47.5 Å². The van der Waals surface area contributed by atoms with Gasteiger partial charge in [-0.2, -0.15) is 0 Å². The summed E-state index contributed by atoms with van der Waals surface area (Å²) in [7, 11) is 1.61. The molecule has 10 heteroatoms. The number of hydrogen-bond donors (Lipinski definition) is 3. The van der Waals surface area contributed by atoms with E-state index in [2.05, 4.69) is 17.0 Å². The van der Waals surface area contributed by atoms with Gasteiger partial charge in [0.2, 0.25) is 0 Å². The minimum Gasteiger partial charge on any atom is -0.550 e. The number of nitrogens with one attached hydrogen (secondary N) is 1. The number of nitrogens with two attached hydrogens (primary N) is 1. The number of ether oxygens (including phenoxy) is 1. The first-order valence-corrected chi connectivity index (χ1v) is 10.8. The summed E-state index contributed by atoms with van der Waals surface area (Å²) in [5.74, 6) is -3.56. The van der Waals surface area contributed by atoms with Crippen LogP contribution in [-0.2, 0) is 23.9 Å². The zero-order valence-corrected chi connectivity index (χ0v) is 21.6. The first kappa shape index (κ1) is 34.6. The normalized spacial score (nSPS) is 11.9. The van der Waals surface area contributed by atoms with E-state index >= 15 is 0 Å². The second-order valence-corrected chi connectivity index (χ2v) is 7.24. The zero-order chi connectivity index (χ0) is 23.4. The fourth-order valence-electron chi connectivity index (χ4n) is 2.33. The molecule has 0 fully saturated rings. The van der Waals surface area contributed by atoms with E-state index in [-0.39, 0.29) is 48.8 Å². The van der Waals surface area contributed by atoms with Gasteiger partial charge in [-0.3, -0.25) is 9.59 Å². The molecule has 0 saturated heterocycles. The second-order valence-electron chi connectivity index (χ2n) is 7.24. The van der Waals surface area contributed by atoms with Crippen molar-refractivity contribution in [2.24, 2.45) is 5.73 Å². The maximum Gasteiger partial charge on any atom is 1.00 e. The van der Waals surface area contributed by atoms with Crippen LogP contribution >= 0.6 is 0 Å². The Hall–Kier alpha value is -1.00. The molecule has 9 nitrogen and oxygen atoms in total. The number of aliphatic carboxylic acids is 2. The van der Waals surface area contributed by atoms with Crippen LogP contribution in [-0.4, -0.2) is 48.1 Å². The molecular formula is C21H39N2NaO7. The zero-order valence-electron chi connectivity index (χ0n) is 19.6. The van der Waals surface area contributed by atoms with Crippen LogP contribution in [0.3, 0.4) is 0 Å². The van der Waals surface area contributed by atoms with Crippen molar-refractivity contribution in [1.82, 2.24) is 5.32 Å². The average molecular weight is 455 g/mol. The van der Waals surface area contributed by atoms with Gasteiger partial charge < -0.3 is 30.8 Å². The number of carboxylic acids is 2. The summed E-state index contributed by atoms with van der Waals surface area (Å²) in [5.41, 5.74) is 5.44. The summed E-state index contributed by atoms with van der Waals surface area (Å²) in [6.45, 7) is 3.78. The Morgan fingerprint density at radius 3 is 1.84 bits per heavy atom. The van der Waals surface area contributed by atoms with Crippen molar-refractivity contribution < 1.29 is 63.7 Å². The molecule has 0 aromatic heterocycles. The third kappa shape index (κ3) is 25.1. The van der Waals surface area contributed by atoms with Crippen LogP contribution in [0.5, 0.6) is 0 Å². The standard InChI is InChI=1S/C17H31NO5.C4H9NO2.Na/c1-2-3-4-5-6-7-8-9-10-11-16(21)23-17(22)14(18)12-13-15(19)20;1-3(5-2)4(6)7;/h14H,2-13,18H2,1H3,(H,19,20);3,5H,1-2H3,(H,6,7);/q;;+1/p-1. The van der Waals surface area contributed by atoms with Gasteiger partial charge in [-0.1, -0.05) is 58.3 Å². The number of rotatable bonds is 16. The number of carbonyl (C=O) groups is 4. The Balaban J connectivity index is -0.000000840. The van der Waals surface area contributed by atoms with Crippen molar-refractivity contribution in [1.29, 1.82) is 0 Å². The Bertz CT molecular complexity index is 504. The molecule has 0 aromatic rings. The van der Waals surface area contributed by atoms with E-state index in [9.17, 15) is 24.3 Å². The van der Waals surface area contributed by atoms with Crippen LogP contribution in [0.1, 0.15) is 90.9 Å². The first-order valence-electron chi connectivity index (χ1n) is 10.8. The van der Waals surface area contributed by atoms with E-state index in [0.717, 1.165) is 12.8 Å². The van der Waals surface area contributed by atoms with Gasteiger partial charge in [-0.25, -0.2) is 4.79 Å². The molecule has 4 N–H and O–H groups in total. The smallest absolute Gasteiger partial charge is 0.550 e. The van der Waals surface area contributed by atoms with Gasteiger partial charge in [-0.15, -0.1) is 0 Å². The van der Waals surface area contributed by atoms with Gasteiger partial charge in [0, 0.05) is 12.4 Å². The maximum absolute atomic E-state index is 11.5. The van der Waals surface area contributed by atoms with Crippen LogP contribution in [0.2, 0.25) is 0 Å². The molecule has 0 aliphatic heterocycles. The van der Waals surface area contributed by atoms with E-state index in [1.807, 2.05) is 0 Å². The van der Waals surface area contributed by atoms with Crippen LogP contribution in [0.4, 0.5) is 0 Å². The number of carbonyl (C=O) groups excluding carboxylic acids is 3. The summed E-state index contributed by atoms with van der Waals surface area (Å²) in [5, 5.41) is 20.9. The molecule has 0 aliphatic rings. The SMILES string of the molecule is CCCCCCCCCCCC(=O)OC(=O)C(N)CCC(=O)[O-].CNC(C)C(=O)O.[Na+]. The van der Waals surface area contributed by atoms with Crippen LogP contribution in [0.15, 0.2) is 0 Å². The number of unbranched alkanes of at least 4 members (excludes halogenated alkanes) is 8. The van der Waals surface area contributed by atoms with E-state index in [4.69, 9.17) is 10.8 Å². The number of esters is 2. The number of hydrogen-bond acceptors (Lipinski definition) is 8. The summed E-state index contributed by atoms with van der Waals surface area (Å²) in [4.78, 5) is 43.1. The summed E-state index contributed by atoms with van der Waals surface area (Å²) in [6.07, 6.45) is 9.99. The Morgan fingerprint density at radius 1 is 0.968 bits per heavy atom. The van der Waals surface area contributed by atoms with Crippen molar-refractivity contribution in [2.75, 3.05) is 7.05 Å². The predicted octanol–water partition coefficient (Wildman–Crippen LogP) is -1.48. The van der Waals surface area contributed by atoms with E-state index in [0.29, 0.717) is 6.42 Å². The van der Waals surface area contributed by atoms with Crippen LogP contribution in [0, 0.1) is 0 Å².